The van der Waals surface area contributed by atoms with E-state index in [1.165, 1.54) is 0 Å². The number of methoxy groups -OCH3 is 1. The Labute approximate surface area is 143 Å². The minimum absolute atomic E-state index is 0.0208. The quantitative estimate of drug-likeness (QED) is 0.807. The van der Waals surface area contributed by atoms with Gasteiger partial charge in [-0.1, -0.05) is 36.4 Å². The summed E-state index contributed by atoms with van der Waals surface area (Å²) in [5, 5.41) is 2.94. The van der Waals surface area contributed by atoms with Crippen LogP contribution in [0.4, 0.5) is 0 Å². The van der Waals surface area contributed by atoms with Gasteiger partial charge >= 0.3 is 0 Å². The van der Waals surface area contributed by atoms with Crippen molar-refractivity contribution in [2.75, 3.05) is 13.7 Å². The van der Waals surface area contributed by atoms with Gasteiger partial charge in [-0.25, -0.2) is 0 Å². The van der Waals surface area contributed by atoms with Gasteiger partial charge in [0.25, 0.3) is 0 Å². The van der Waals surface area contributed by atoms with E-state index in [0.717, 1.165) is 28.0 Å². The largest absolute Gasteiger partial charge is 0.493 e. The van der Waals surface area contributed by atoms with E-state index in [4.69, 9.17) is 9.47 Å². The number of amides is 1. The van der Waals surface area contributed by atoms with E-state index in [9.17, 15) is 4.79 Å². The number of rotatable bonds is 8. The molecule has 0 aromatic heterocycles. The van der Waals surface area contributed by atoms with Crippen LogP contribution < -0.4 is 10.1 Å². The summed E-state index contributed by atoms with van der Waals surface area (Å²) in [5.41, 5.74) is 4.39. The summed E-state index contributed by atoms with van der Waals surface area (Å²) in [4.78, 5) is 12.0. The summed E-state index contributed by atoms with van der Waals surface area (Å²) < 4.78 is 10.9. The number of aryl methyl sites for hydroxylation is 2. The average molecular weight is 327 g/mol. The molecule has 0 heterocycles. The second-order valence-electron chi connectivity index (χ2n) is 5.85. The Morgan fingerprint density at radius 3 is 2.58 bits per heavy atom. The maximum atomic E-state index is 12.0. The first kappa shape index (κ1) is 18.0. The molecule has 0 saturated carbocycles. The molecule has 0 radical (unpaired) electrons. The zero-order chi connectivity index (χ0) is 17.4. The standard InChI is InChI=1S/C20H25NO3/c1-15-8-9-16(2)19(12-15)24-11-10-20(22)21-13-17-6-4-5-7-18(17)14-23-3/h4-9,12H,10-11,13-14H2,1-3H3,(H,21,22). The van der Waals surface area contributed by atoms with Gasteiger partial charge in [0, 0.05) is 13.7 Å². The van der Waals surface area contributed by atoms with Crippen molar-refractivity contribution in [3.63, 3.8) is 0 Å². The van der Waals surface area contributed by atoms with E-state index in [0.29, 0.717) is 26.2 Å². The average Bonchev–Trinajstić information content (AvgIpc) is 2.57. The third-order valence-corrected chi connectivity index (χ3v) is 3.82. The molecule has 0 fully saturated rings. The van der Waals surface area contributed by atoms with Gasteiger partial charge < -0.3 is 14.8 Å². The maximum absolute atomic E-state index is 12.0. The highest BCUT2D eigenvalue weighted by Gasteiger charge is 2.06. The first-order chi connectivity index (χ1) is 11.6. The Balaban J connectivity index is 1.79. The third kappa shape index (κ3) is 5.39. The predicted octanol–water partition coefficient (Wildman–Crippen LogP) is 3.54. The molecule has 128 valence electrons. The fraction of sp³-hybridized carbons (Fsp3) is 0.350. The van der Waals surface area contributed by atoms with Gasteiger partial charge in [0.05, 0.1) is 19.6 Å². The van der Waals surface area contributed by atoms with Crippen LogP contribution in [0.15, 0.2) is 42.5 Å². The van der Waals surface area contributed by atoms with E-state index < -0.39 is 0 Å². The first-order valence-electron chi connectivity index (χ1n) is 8.12. The van der Waals surface area contributed by atoms with Crippen molar-refractivity contribution in [1.29, 1.82) is 0 Å². The lowest BCUT2D eigenvalue weighted by Gasteiger charge is -2.12. The normalized spacial score (nSPS) is 10.5. The summed E-state index contributed by atoms with van der Waals surface area (Å²) in [6.45, 7) is 5.44. The molecule has 4 heteroatoms. The van der Waals surface area contributed by atoms with Crippen LogP contribution in [-0.4, -0.2) is 19.6 Å². The maximum Gasteiger partial charge on any atom is 0.223 e. The SMILES string of the molecule is COCc1ccccc1CNC(=O)CCOc1cc(C)ccc1C. The summed E-state index contributed by atoms with van der Waals surface area (Å²) in [6, 6.07) is 14.0. The topological polar surface area (TPSA) is 47.6 Å². The number of hydrogen-bond acceptors (Lipinski definition) is 3. The van der Waals surface area contributed by atoms with Gasteiger partial charge in [0.15, 0.2) is 0 Å². The molecule has 1 amide bonds. The Morgan fingerprint density at radius 2 is 1.83 bits per heavy atom. The molecule has 24 heavy (non-hydrogen) atoms. The van der Waals surface area contributed by atoms with Crippen molar-refractivity contribution < 1.29 is 14.3 Å². The van der Waals surface area contributed by atoms with Crippen LogP contribution in [0.25, 0.3) is 0 Å². The number of hydrogen-bond donors (Lipinski definition) is 1. The number of nitrogens with one attached hydrogen (secondary N) is 1. The van der Waals surface area contributed by atoms with E-state index in [2.05, 4.69) is 5.32 Å². The molecule has 1 N–H and O–H groups in total. The highest BCUT2D eigenvalue weighted by molar-refractivity contribution is 5.76. The van der Waals surface area contributed by atoms with E-state index in [-0.39, 0.29) is 5.91 Å². The molecule has 0 aliphatic rings. The van der Waals surface area contributed by atoms with Crippen molar-refractivity contribution in [3.05, 3.63) is 64.7 Å². The van der Waals surface area contributed by atoms with Crippen LogP contribution >= 0.6 is 0 Å². The van der Waals surface area contributed by atoms with Crippen LogP contribution in [-0.2, 0) is 22.7 Å². The number of benzene rings is 2. The van der Waals surface area contributed by atoms with Crippen LogP contribution in [0.2, 0.25) is 0 Å². The molecule has 2 aromatic rings. The van der Waals surface area contributed by atoms with E-state index in [1.807, 2.05) is 56.3 Å². The van der Waals surface area contributed by atoms with Crippen molar-refractivity contribution in [2.45, 2.75) is 33.4 Å². The molecule has 0 bridgehead atoms. The van der Waals surface area contributed by atoms with Crippen LogP contribution in [0.1, 0.15) is 28.7 Å². The highest BCUT2D eigenvalue weighted by atomic mass is 16.5. The first-order valence-corrected chi connectivity index (χ1v) is 8.12. The van der Waals surface area contributed by atoms with Gasteiger partial charge in [-0.3, -0.25) is 4.79 Å². The molecule has 0 aliphatic heterocycles. The lowest BCUT2D eigenvalue weighted by atomic mass is 10.1. The lowest BCUT2D eigenvalue weighted by Crippen LogP contribution is -2.25. The van der Waals surface area contributed by atoms with Crippen LogP contribution in [0.3, 0.4) is 0 Å². The minimum atomic E-state index is -0.0208. The molecule has 2 aromatic carbocycles. The lowest BCUT2D eigenvalue weighted by molar-refractivity contribution is -0.121. The number of carbonyl (C=O) groups is 1. The fourth-order valence-electron chi connectivity index (χ4n) is 2.42. The number of ether oxygens (including phenoxy) is 2. The van der Waals surface area contributed by atoms with Crippen LogP contribution in [0, 0.1) is 13.8 Å². The van der Waals surface area contributed by atoms with Gasteiger partial charge in [-0.2, -0.15) is 0 Å². The molecule has 2 rings (SSSR count). The van der Waals surface area contributed by atoms with Crippen molar-refractivity contribution in [1.82, 2.24) is 5.32 Å². The third-order valence-electron chi connectivity index (χ3n) is 3.82. The van der Waals surface area contributed by atoms with Crippen molar-refractivity contribution >= 4 is 5.91 Å². The predicted molar refractivity (Wildman–Crippen MR) is 95.0 cm³/mol. The van der Waals surface area contributed by atoms with Gasteiger partial charge in [0.1, 0.15) is 5.75 Å². The zero-order valence-electron chi connectivity index (χ0n) is 14.6. The molecule has 0 unspecified atom stereocenters. The summed E-state index contributed by atoms with van der Waals surface area (Å²) >= 11 is 0. The molecule has 0 aliphatic carbocycles. The van der Waals surface area contributed by atoms with Crippen molar-refractivity contribution in [2.24, 2.45) is 0 Å². The van der Waals surface area contributed by atoms with Crippen LogP contribution in [0.5, 0.6) is 5.75 Å². The zero-order valence-corrected chi connectivity index (χ0v) is 14.6. The molecular formula is C20H25NO3. The molecule has 4 nitrogen and oxygen atoms in total. The fourth-order valence-corrected chi connectivity index (χ4v) is 2.42. The highest BCUT2D eigenvalue weighted by Crippen LogP contribution is 2.19. The second kappa shape index (κ2) is 9.08. The summed E-state index contributed by atoms with van der Waals surface area (Å²) in [7, 11) is 1.67. The molecule has 0 saturated heterocycles. The number of carbonyl (C=O) groups excluding carboxylic acids is 1. The molecule has 0 spiro atoms. The minimum Gasteiger partial charge on any atom is -0.493 e. The van der Waals surface area contributed by atoms with Gasteiger partial charge in [-0.05, 0) is 42.2 Å². The van der Waals surface area contributed by atoms with Gasteiger partial charge in [-0.15, -0.1) is 0 Å². The van der Waals surface area contributed by atoms with E-state index >= 15 is 0 Å². The molecular weight excluding hydrogens is 302 g/mol. The van der Waals surface area contributed by atoms with Gasteiger partial charge in [0.2, 0.25) is 5.91 Å². The summed E-state index contributed by atoms with van der Waals surface area (Å²) in [6.07, 6.45) is 0.333. The Morgan fingerprint density at radius 1 is 1.08 bits per heavy atom. The van der Waals surface area contributed by atoms with E-state index in [1.54, 1.807) is 7.11 Å². The smallest absolute Gasteiger partial charge is 0.223 e. The Kier molecular flexibility index (Phi) is 6.82. The Bertz CT molecular complexity index is 682. The second-order valence-corrected chi connectivity index (χ2v) is 5.85. The molecule has 0 atom stereocenters. The van der Waals surface area contributed by atoms with Crippen molar-refractivity contribution in [3.8, 4) is 5.75 Å². The summed E-state index contributed by atoms with van der Waals surface area (Å²) in [5.74, 6) is 0.820. The Hall–Kier alpha value is -2.33. The monoisotopic (exact) mass is 327 g/mol.